The first-order valence-electron chi connectivity index (χ1n) is 14.1. The molecule has 0 bridgehead atoms. The third kappa shape index (κ3) is 3.30. The van der Waals surface area contributed by atoms with Gasteiger partial charge in [-0.2, -0.15) is 0 Å². The van der Waals surface area contributed by atoms with Crippen molar-refractivity contribution in [3.8, 4) is 33.4 Å². The molecular weight excluding hydrogens is 513 g/mol. The minimum Gasteiger partial charge on any atom is -0.0887 e. The maximum atomic E-state index is 2.47. The zero-order valence-electron chi connectivity index (χ0n) is 22.3. The fraction of sp³-hybridized carbons (Fsp3) is 0. The van der Waals surface area contributed by atoms with E-state index >= 15 is 0 Å². The first-order chi connectivity index (χ1) is 20.4. The van der Waals surface area contributed by atoms with E-state index in [1.807, 2.05) is 11.8 Å². The molecule has 0 fully saturated rings. The van der Waals surface area contributed by atoms with Crippen molar-refractivity contribution in [3.05, 3.63) is 146 Å². The Bertz CT molecular complexity index is 2270. The second-order valence-electron chi connectivity index (χ2n) is 10.8. The van der Waals surface area contributed by atoms with Gasteiger partial charge in [0.1, 0.15) is 0 Å². The van der Waals surface area contributed by atoms with E-state index in [0.717, 1.165) is 0 Å². The van der Waals surface area contributed by atoms with Gasteiger partial charge in [-0.1, -0.05) is 145 Å². The Labute approximate surface area is 242 Å². The molecule has 8 aromatic rings. The third-order valence-corrected chi connectivity index (χ3v) is 9.73. The average molecular weight is 537 g/mol. The van der Waals surface area contributed by atoms with E-state index in [4.69, 9.17) is 0 Å². The Morgan fingerprint density at radius 2 is 0.878 bits per heavy atom. The lowest BCUT2D eigenvalue weighted by atomic mass is 9.83. The molecule has 41 heavy (non-hydrogen) atoms. The van der Waals surface area contributed by atoms with E-state index in [1.54, 1.807) is 0 Å². The SMILES string of the molecule is c1ccc(-c2c3ccccc3c(-c3cc4c(c5ccccc35)-c3cccc5cccc(c35)S4)c3ccccc23)cc1. The second-order valence-corrected chi connectivity index (χ2v) is 11.9. The molecule has 1 heterocycles. The van der Waals surface area contributed by atoms with Crippen molar-refractivity contribution >= 4 is 54.9 Å². The Morgan fingerprint density at radius 3 is 1.54 bits per heavy atom. The van der Waals surface area contributed by atoms with E-state index in [2.05, 4.69) is 146 Å². The molecule has 0 aliphatic carbocycles. The average Bonchev–Trinajstić information content (AvgIpc) is 3.04. The zero-order chi connectivity index (χ0) is 26.9. The van der Waals surface area contributed by atoms with Crippen LogP contribution in [0, 0.1) is 0 Å². The molecule has 0 radical (unpaired) electrons. The third-order valence-electron chi connectivity index (χ3n) is 8.63. The van der Waals surface area contributed by atoms with Crippen LogP contribution in [-0.2, 0) is 0 Å². The van der Waals surface area contributed by atoms with Crippen molar-refractivity contribution in [2.24, 2.45) is 0 Å². The van der Waals surface area contributed by atoms with Gasteiger partial charge in [0.15, 0.2) is 0 Å². The lowest BCUT2D eigenvalue weighted by Crippen LogP contribution is -1.97. The van der Waals surface area contributed by atoms with Gasteiger partial charge in [-0.05, 0) is 77.7 Å². The topological polar surface area (TPSA) is 0 Å². The van der Waals surface area contributed by atoms with Crippen LogP contribution in [-0.4, -0.2) is 0 Å². The van der Waals surface area contributed by atoms with E-state index in [-0.39, 0.29) is 0 Å². The van der Waals surface area contributed by atoms with Gasteiger partial charge in [-0.3, -0.25) is 0 Å². The fourth-order valence-electron chi connectivity index (χ4n) is 6.97. The maximum absolute atomic E-state index is 2.47. The predicted octanol–water partition coefficient (Wildman–Crippen LogP) is 11.8. The van der Waals surface area contributed by atoms with E-state index < -0.39 is 0 Å². The van der Waals surface area contributed by atoms with Crippen LogP contribution >= 0.6 is 11.8 Å². The summed E-state index contributed by atoms with van der Waals surface area (Å²) in [6, 6.07) is 53.6. The van der Waals surface area contributed by atoms with Crippen LogP contribution in [0.15, 0.2) is 155 Å². The van der Waals surface area contributed by atoms with Gasteiger partial charge in [0, 0.05) is 20.7 Å². The molecule has 0 spiro atoms. The largest absolute Gasteiger partial charge is 0.0887 e. The van der Waals surface area contributed by atoms with Crippen LogP contribution in [0.1, 0.15) is 0 Å². The minimum atomic E-state index is 1.25. The molecule has 0 N–H and O–H groups in total. The Balaban J connectivity index is 1.45. The summed E-state index contributed by atoms with van der Waals surface area (Å²) in [6.07, 6.45) is 0. The molecule has 0 aromatic heterocycles. The van der Waals surface area contributed by atoms with Crippen molar-refractivity contribution in [1.29, 1.82) is 0 Å². The van der Waals surface area contributed by atoms with Gasteiger partial charge in [0.2, 0.25) is 0 Å². The molecule has 0 unspecified atom stereocenters. The summed E-state index contributed by atoms with van der Waals surface area (Å²) in [6.45, 7) is 0. The number of hydrogen-bond donors (Lipinski definition) is 0. The van der Waals surface area contributed by atoms with Gasteiger partial charge in [-0.25, -0.2) is 0 Å². The molecule has 0 atom stereocenters. The predicted molar refractivity (Wildman–Crippen MR) is 177 cm³/mol. The van der Waals surface area contributed by atoms with Crippen LogP contribution in [0.3, 0.4) is 0 Å². The second kappa shape index (κ2) is 8.83. The highest BCUT2D eigenvalue weighted by Gasteiger charge is 2.25. The van der Waals surface area contributed by atoms with Crippen molar-refractivity contribution in [1.82, 2.24) is 0 Å². The Hall–Kier alpha value is -4.85. The molecule has 0 saturated carbocycles. The highest BCUT2D eigenvalue weighted by Crippen LogP contribution is 2.53. The number of rotatable bonds is 2. The van der Waals surface area contributed by atoms with Crippen molar-refractivity contribution < 1.29 is 0 Å². The standard InChI is InChI=1S/C40H24S/c1-2-12-25(13-3-1)37-29-18-6-8-20-31(29)39(32-21-9-7-19-30(32)37)34-24-36-40(28-17-5-4-16-27(28)34)33-22-10-14-26-15-11-23-35(41-36)38(26)33/h1-24H. The lowest BCUT2D eigenvalue weighted by molar-refractivity contribution is 1.42. The maximum Gasteiger partial charge on any atom is 0.0213 e. The summed E-state index contributed by atoms with van der Waals surface area (Å²) in [5.41, 5.74) is 7.86. The molecule has 190 valence electrons. The van der Waals surface area contributed by atoms with Crippen molar-refractivity contribution in [2.75, 3.05) is 0 Å². The molecule has 1 aliphatic heterocycles. The Morgan fingerprint density at radius 1 is 0.341 bits per heavy atom. The summed E-state index contributed by atoms with van der Waals surface area (Å²) in [5.74, 6) is 0. The van der Waals surface area contributed by atoms with E-state index in [9.17, 15) is 0 Å². The lowest BCUT2D eigenvalue weighted by Gasteiger charge is -2.25. The summed E-state index contributed by atoms with van der Waals surface area (Å²) in [5, 5.41) is 10.4. The van der Waals surface area contributed by atoms with Crippen LogP contribution in [0.5, 0.6) is 0 Å². The summed E-state index contributed by atoms with van der Waals surface area (Å²) in [4.78, 5) is 2.66. The Kier molecular flexibility index (Phi) is 4.93. The van der Waals surface area contributed by atoms with Gasteiger partial charge < -0.3 is 0 Å². The van der Waals surface area contributed by atoms with Crippen LogP contribution in [0.25, 0.3) is 76.5 Å². The summed E-state index contributed by atoms with van der Waals surface area (Å²) in [7, 11) is 0. The quantitative estimate of drug-likeness (QED) is 0.198. The van der Waals surface area contributed by atoms with E-state index in [1.165, 1.54) is 86.3 Å². The van der Waals surface area contributed by atoms with Crippen LogP contribution in [0.2, 0.25) is 0 Å². The first-order valence-corrected chi connectivity index (χ1v) is 14.9. The highest BCUT2D eigenvalue weighted by atomic mass is 32.2. The summed E-state index contributed by atoms with van der Waals surface area (Å²) >= 11 is 1.91. The van der Waals surface area contributed by atoms with Gasteiger partial charge >= 0.3 is 0 Å². The highest BCUT2D eigenvalue weighted by molar-refractivity contribution is 7.99. The number of fused-ring (bicyclic) bond motifs is 6. The van der Waals surface area contributed by atoms with Crippen molar-refractivity contribution in [2.45, 2.75) is 9.79 Å². The molecule has 1 heteroatoms. The van der Waals surface area contributed by atoms with Crippen molar-refractivity contribution in [3.63, 3.8) is 0 Å². The molecule has 9 rings (SSSR count). The van der Waals surface area contributed by atoms with E-state index in [0.29, 0.717) is 0 Å². The van der Waals surface area contributed by atoms with Gasteiger partial charge in [-0.15, -0.1) is 0 Å². The molecule has 0 nitrogen and oxygen atoms in total. The summed E-state index contributed by atoms with van der Waals surface area (Å²) < 4.78 is 0. The zero-order valence-corrected chi connectivity index (χ0v) is 23.1. The smallest absolute Gasteiger partial charge is 0.0213 e. The van der Waals surface area contributed by atoms with Gasteiger partial charge in [0.05, 0.1) is 0 Å². The molecule has 0 amide bonds. The monoisotopic (exact) mass is 536 g/mol. The molecular formula is C40H24S. The normalized spacial score (nSPS) is 12.3. The number of hydrogen-bond acceptors (Lipinski definition) is 1. The fourth-order valence-corrected chi connectivity index (χ4v) is 8.18. The van der Waals surface area contributed by atoms with Gasteiger partial charge in [0.25, 0.3) is 0 Å². The van der Waals surface area contributed by atoms with Crippen LogP contribution in [0.4, 0.5) is 0 Å². The molecule has 8 aromatic carbocycles. The number of benzene rings is 8. The molecule has 0 saturated heterocycles. The molecule has 1 aliphatic rings. The first kappa shape index (κ1) is 22.9. The minimum absolute atomic E-state index is 1.25. The van der Waals surface area contributed by atoms with Crippen LogP contribution < -0.4 is 0 Å².